The van der Waals surface area contributed by atoms with Crippen LogP contribution in [0.3, 0.4) is 0 Å². The number of ether oxygens (including phenoxy) is 3. The monoisotopic (exact) mass is 735 g/mol. The van der Waals surface area contributed by atoms with E-state index in [4.69, 9.17) is 25.8 Å². The van der Waals surface area contributed by atoms with Gasteiger partial charge in [-0.05, 0) is 97.9 Å². The van der Waals surface area contributed by atoms with Crippen molar-refractivity contribution in [2.24, 2.45) is 5.92 Å². The lowest BCUT2D eigenvalue weighted by molar-refractivity contribution is -0.141. The lowest BCUT2D eigenvalue weighted by Crippen LogP contribution is -2.55. The molecule has 3 atom stereocenters. The van der Waals surface area contributed by atoms with E-state index in [0.717, 1.165) is 58.6 Å². The molecule has 0 aromatic heterocycles. The molecule has 1 saturated carbocycles. The summed E-state index contributed by atoms with van der Waals surface area (Å²) in [5, 5.41) is 5.99. The third kappa shape index (κ3) is 8.42. The highest BCUT2D eigenvalue weighted by molar-refractivity contribution is 6.32. The number of nitrogens with zero attached hydrogens (tertiary/aromatic N) is 1. The zero-order valence-electron chi connectivity index (χ0n) is 29.6. The largest absolute Gasteiger partial charge is 0.496 e. The van der Waals surface area contributed by atoms with Gasteiger partial charge in [0.05, 0.1) is 20.8 Å². The van der Waals surface area contributed by atoms with Gasteiger partial charge in [-0.2, -0.15) is 0 Å². The summed E-state index contributed by atoms with van der Waals surface area (Å²) in [4.78, 5) is 41.8. The smallest absolute Gasteiger partial charge is 0.325 e. The maximum atomic E-state index is 14.9. The molecule has 2 heterocycles. The first-order valence-electron chi connectivity index (χ1n) is 17.7. The zero-order valence-corrected chi connectivity index (χ0v) is 30.4. The van der Waals surface area contributed by atoms with Crippen LogP contribution in [0, 0.1) is 24.5 Å². The van der Waals surface area contributed by atoms with Crippen LogP contribution in [0.1, 0.15) is 60.8 Å². The molecule has 52 heavy (non-hydrogen) atoms. The molecule has 9 nitrogen and oxygen atoms in total. The summed E-state index contributed by atoms with van der Waals surface area (Å²) in [6, 6.07) is 15.6. The lowest BCUT2D eigenvalue weighted by Gasteiger charge is -2.43. The second kappa shape index (κ2) is 16.5. The standard InChI is InChI=1S/C40H44ClF2N3O6/c1-23-26(7-4-8-34(23)50-2)22-46(29-13-14-29)40(49)36-30(20-28-18-27(19-33(36)45-28)39(48)44-21-35(47)51-3)25-11-9-24(10-12-25)6-5-17-52-38-32(43)16-15-31(42)37(38)41/h4,7-12,15-16,27-29,33,45H,5-6,13-14,17-22H2,1-3H3,(H,44,48). The highest BCUT2D eigenvalue weighted by Gasteiger charge is 2.44. The Morgan fingerprint density at radius 2 is 1.75 bits per heavy atom. The van der Waals surface area contributed by atoms with Gasteiger partial charge >= 0.3 is 5.97 Å². The Morgan fingerprint density at radius 3 is 2.46 bits per heavy atom. The quantitative estimate of drug-likeness (QED) is 0.113. The summed E-state index contributed by atoms with van der Waals surface area (Å²) in [5.41, 5.74) is 5.61. The van der Waals surface area contributed by atoms with Gasteiger partial charge in [0.15, 0.2) is 11.6 Å². The fraction of sp³-hybridized carbons (Fsp3) is 0.425. The van der Waals surface area contributed by atoms with Crippen molar-refractivity contribution < 1.29 is 37.4 Å². The minimum atomic E-state index is -0.740. The van der Waals surface area contributed by atoms with Crippen LogP contribution in [0.2, 0.25) is 5.02 Å². The Labute approximate surface area is 307 Å². The van der Waals surface area contributed by atoms with Crippen LogP contribution in [-0.4, -0.2) is 68.2 Å². The van der Waals surface area contributed by atoms with Gasteiger partial charge in [0, 0.05) is 36.2 Å². The molecule has 0 radical (unpaired) electrons. The van der Waals surface area contributed by atoms with Gasteiger partial charge in [-0.15, -0.1) is 0 Å². The lowest BCUT2D eigenvalue weighted by atomic mass is 9.74. The van der Waals surface area contributed by atoms with Crippen molar-refractivity contribution in [2.75, 3.05) is 27.4 Å². The topological polar surface area (TPSA) is 106 Å². The molecule has 12 heteroatoms. The molecular weight excluding hydrogens is 692 g/mol. The van der Waals surface area contributed by atoms with Crippen LogP contribution in [0.25, 0.3) is 5.57 Å². The summed E-state index contributed by atoms with van der Waals surface area (Å²) in [6.07, 6.45) is 4.56. The summed E-state index contributed by atoms with van der Waals surface area (Å²) >= 11 is 5.89. The first kappa shape index (κ1) is 37.3. The predicted molar refractivity (Wildman–Crippen MR) is 193 cm³/mol. The zero-order chi connectivity index (χ0) is 36.9. The molecule has 1 saturated heterocycles. The number of piperidine rings is 1. The third-order valence-electron chi connectivity index (χ3n) is 10.3. The van der Waals surface area contributed by atoms with E-state index < -0.39 is 17.6 Å². The predicted octanol–water partition coefficient (Wildman–Crippen LogP) is 6.32. The molecule has 6 rings (SSSR count). The Balaban J connectivity index is 1.25. The second-order valence-corrected chi connectivity index (χ2v) is 14.1. The van der Waals surface area contributed by atoms with E-state index >= 15 is 0 Å². The molecule has 3 aromatic carbocycles. The average molecular weight is 736 g/mol. The van der Waals surface area contributed by atoms with E-state index in [9.17, 15) is 23.2 Å². The molecule has 3 aliphatic rings. The van der Waals surface area contributed by atoms with Gasteiger partial charge in [-0.1, -0.05) is 48.0 Å². The van der Waals surface area contributed by atoms with Crippen molar-refractivity contribution in [3.05, 3.63) is 99.1 Å². The minimum Gasteiger partial charge on any atom is -0.496 e. The Kier molecular flexibility index (Phi) is 11.8. The molecule has 0 spiro atoms. The number of amides is 2. The maximum absolute atomic E-state index is 14.9. The molecule has 2 N–H and O–H groups in total. The number of carbonyl (C=O) groups is 3. The fourth-order valence-electron chi connectivity index (χ4n) is 7.30. The van der Waals surface area contributed by atoms with Crippen molar-refractivity contribution in [2.45, 2.75) is 76.5 Å². The summed E-state index contributed by atoms with van der Waals surface area (Å²) in [5.74, 6) is -2.14. The summed E-state index contributed by atoms with van der Waals surface area (Å²) in [6.45, 7) is 2.39. The number of hydrogen-bond donors (Lipinski definition) is 2. The molecule has 1 aliphatic carbocycles. The van der Waals surface area contributed by atoms with Gasteiger partial charge < -0.3 is 29.7 Å². The van der Waals surface area contributed by atoms with E-state index in [0.29, 0.717) is 44.2 Å². The molecule has 3 unspecified atom stereocenters. The van der Waals surface area contributed by atoms with E-state index in [1.807, 2.05) is 54.3 Å². The number of hydrogen-bond acceptors (Lipinski definition) is 7. The van der Waals surface area contributed by atoms with Gasteiger partial charge in [0.1, 0.15) is 23.1 Å². The molecule has 2 fully saturated rings. The van der Waals surface area contributed by atoms with Crippen molar-refractivity contribution >= 4 is 35.0 Å². The van der Waals surface area contributed by atoms with Crippen LogP contribution in [0.5, 0.6) is 11.5 Å². The minimum absolute atomic E-state index is 0.0407. The Morgan fingerprint density at radius 1 is 1.00 bits per heavy atom. The normalized spacial score (nSPS) is 19.5. The number of aryl methyl sites for hydroxylation is 1. The number of benzene rings is 3. The Bertz CT molecular complexity index is 1850. The highest BCUT2D eigenvalue weighted by atomic mass is 35.5. The van der Waals surface area contributed by atoms with Gasteiger partial charge in [-0.3, -0.25) is 14.4 Å². The molecule has 276 valence electrons. The van der Waals surface area contributed by atoms with Crippen LogP contribution < -0.4 is 20.1 Å². The van der Waals surface area contributed by atoms with Crippen LogP contribution in [-0.2, 0) is 32.1 Å². The van der Waals surface area contributed by atoms with E-state index in [1.54, 1.807) is 7.11 Å². The van der Waals surface area contributed by atoms with Crippen molar-refractivity contribution in [1.82, 2.24) is 15.5 Å². The van der Waals surface area contributed by atoms with Crippen LogP contribution >= 0.6 is 11.6 Å². The fourth-order valence-corrected chi connectivity index (χ4v) is 7.51. The van der Waals surface area contributed by atoms with Crippen LogP contribution in [0.4, 0.5) is 8.78 Å². The van der Waals surface area contributed by atoms with Gasteiger partial charge in [0.25, 0.3) is 5.91 Å². The highest BCUT2D eigenvalue weighted by Crippen LogP contribution is 2.41. The van der Waals surface area contributed by atoms with Crippen molar-refractivity contribution in [3.8, 4) is 11.5 Å². The number of methoxy groups -OCH3 is 2. The number of carbonyl (C=O) groups excluding carboxylic acids is 3. The first-order valence-corrected chi connectivity index (χ1v) is 18.1. The summed E-state index contributed by atoms with van der Waals surface area (Å²) < 4.78 is 43.6. The number of halogens is 3. The SMILES string of the molecule is COC(=O)CNC(=O)C1CC2CC(c3ccc(CCCOc4c(F)ccc(F)c4Cl)cc3)=C(C(=O)N(Cc3cccc(OC)c3C)C3CC3)C(C1)N2. The van der Waals surface area contributed by atoms with Crippen LogP contribution in [0.15, 0.2) is 60.2 Å². The first-order chi connectivity index (χ1) is 25.1. The van der Waals surface area contributed by atoms with E-state index in [2.05, 4.69) is 10.6 Å². The van der Waals surface area contributed by atoms with Gasteiger partial charge in [0.2, 0.25) is 5.91 Å². The molecular formula is C40H44ClF2N3O6. The maximum Gasteiger partial charge on any atom is 0.325 e. The van der Waals surface area contributed by atoms with E-state index in [1.165, 1.54) is 7.11 Å². The number of esters is 1. The number of fused-ring (bicyclic) bond motifs is 2. The van der Waals surface area contributed by atoms with Gasteiger partial charge in [-0.25, -0.2) is 8.78 Å². The molecule has 2 amide bonds. The molecule has 2 bridgehead atoms. The summed E-state index contributed by atoms with van der Waals surface area (Å²) in [7, 11) is 2.92. The average Bonchev–Trinajstić information content (AvgIpc) is 4.00. The number of nitrogens with one attached hydrogen (secondary N) is 2. The third-order valence-corrected chi connectivity index (χ3v) is 10.6. The molecule has 3 aromatic rings. The Hall–Kier alpha value is -4.48. The van der Waals surface area contributed by atoms with Crippen molar-refractivity contribution in [3.63, 3.8) is 0 Å². The van der Waals surface area contributed by atoms with Crippen molar-refractivity contribution in [1.29, 1.82) is 0 Å². The number of rotatable bonds is 14. The second-order valence-electron chi connectivity index (χ2n) is 13.7. The molecule has 2 aliphatic heterocycles. The van der Waals surface area contributed by atoms with E-state index in [-0.39, 0.29) is 59.8 Å².